The highest BCUT2D eigenvalue weighted by Crippen LogP contribution is 2.23. The summed E-state index contributed by atoms with van der Waals surface area (Å²) < 4.78 is 50.6. The second-order valence-corrected chi connectivity index (χ2v) is 6.21. The van der Waals surface area contributed by atoms with E-state index in [0.29, 0.717) is 21.9 Å². The number of aromatic nitrogens is 2. The number of aromatic amines is 1. The van der Waals surface area contributed by atoms with Gasteiger partial charge in [-0.05, 0) is 24.3 Å². The Kier molecular flexibility index (Phi) is 5.41. The van der Waals surface area contributed by atoms with Gasteiger partial charge in [-0.2, -0.15) is 0 Å². The van der Waals surface area contributed by atoms with Gasteiger partial charge < -0.3 is 16.5 Å². The number of fused-ring (bicyclic) bond motifs is 1. The van der Waals surface area contributed by atoms with Crippen molar-refractivity contribution in [2.75, 3.05) is 11.5 Å². The SMILES string of the molecule is Fc1cc2nc(-c3ccc(Cl)cc3)[nH]c2cc1F.Nc1cc(F)c(F)cc1N. The average Bonchev–Trinajstić information content (AvgIpc) is 3.04. The number of rotatable bonds is 1. The molecule has 144 valence electrons. The quantitative estimate of drug-likeness (QED) is 0.295. The third-order valence-electron chi connectivity index (χ3n) is 3.77. The van der Waals surface area contributed by atoms with Crippen LogP contribution in [0, 0.1) is 23.3 Å². The van der Waals surface area contributed by atoms with E-state index < -0.39 is 23.3 Å². The highest BCUT2D eigenvalue weighted by molar-refractivity contribution is 6.30. The Morgan fingerprint density at radius 2 is 1.25 bits per heavy atom. The molecule has 0 saturated heterocycles. The van der Waals surface area contributed by atoms with Crippen molar-refractivity contribution in [3.05, 3.63) is 76.8 Å². The molecule has 0 amide bonds. The van der Waals surface area contributed by atoms with Crippen LogP contribution in [0.4, 0.5) is 28.9 Å². The fourth-order valence-electron chi connectivity index (χ4n) is 2.33. The van der Waals surface area contributed by atoms with Crippen LogP contribution in [0.3, 0.4) is 0 Å². The number of nitrogens with zero attached hydrogens (tertiary/aromatic N) is 1. The zero-order chi connectivity index (χ0) is 20.4. The van der Waals surface area contributed by atoms with Gasteiger partial charge in [0.1, 0.15) is 5.82 Å². The first kappa shape index (κ1) is 19.5. The summed E-state index contributed by atoms with van der Waals surface area (Å²) in [7, 11) is 0. The lowest BCUT2D eigenvalue weighted by molar-refractivity contribution is 0.510. The van der Waals surface area contributed by atoms with Crippen molar-refractivity contribution in [3.63, 3.8) is 0 Å². The summed E-state index contributed by atoms with van der Waals surface area (Å²) in [4.78, 5) is 7.15. The summed E-state index contributed by atoms with van der Waals surface area (Å²) in [6.45, 7) is 0. The van der Waals surface area contributed by atoms with Gasteiger partial charge in [0.15, 0.2) is 23.3 Å². The first-order valence-electron chi connectivity index (χ1n) is 7.85. The van der Waals surface area contributed by atoms with Gasteiger partial charge in [-0.15, -0.1) is 0 Å². The van der Waals surface area contributed by atoms with E-state index in [0.717, 1.165) is 29.8 Å². The Morgan fingerprint density at radius 1 is 0.750 bits per heavy atom. The zero-order valence-electron chi connectivity index (χ0n) is 14.1. The molecular weight excluding hydrogens is 396 g/mol. The van der Waals surface area contributed by atoms with Gasteiger partial charge in [0.2, 0.25) is 0 Å². The summed E-state index contributed by atoms with van der Waals surface area (Å²) in [6.07, 6.45) is 0. The molecule has 0 aliphatic rings. The van der Waals surface area contributed by atoms with Gasteiger partial charge >= 0.3 is 0 Å². The van der Waals surface area contributed by atoms with Crippen LogP contribution in [0.5, 0.6) is 0 Å². The van der Waals surface area contributed by atoms with E-state index in [-0.39, 0.29) is 11.4 Å². The van der Waals surface area contributed by atoms with Crippen LogP contribution in [0.15, 0.2) is 48.5 Å². The smallest absolute Gasteiger partial charge is 0.161 e. The molecule has 0 spiro atoms. The van der Waals surface area contributed by atoms with Gasteiger partial charge in [-0.1, -0.05) is 11.6 Å². The van der Waals surface area contributed by atoms with Crippen molar-refractivity contribution in [1.29, 1.82) is 0 Å². The predicted octanol–water partition coefficient (Wildman–Crippen LogP) is 5.29. The van der Waals surface area contributed by atoms with Crippen LogP contribution in [0.1, 0.15) is 0 Å². The van der Waals surface area contributed by atoms with Crippen LogP contribution in [-0.2, 0) is 0 Å². The van der Waals surface area contributed by atoms with Crippen molar-refractivity contribution in [1.82, 2.24) is 9.97 Å². The third kappa shape index (κ3) is 4.17. The number of halogens is 5. The molecule has 0 aliphatic heterocycles. The van der Waals surface area contributed by atoms with Crippen LogP contribution in [0.25, 0.3) is 22.4 Å². The largest absolute Gasteiger partial charge is 0.397 e. The minimum absolute atomic E-state index is 0.0545. The van der Waals surface area contributed by atoms with Gasteiger partial charge in [-0.3, -0.25) is 0 Å². The van der Waals surface area contributed by atoms with E-state index >= 15 is 0 Å². The summed E-state index contributed by atoms with van der Waals surface area (Å²) in [5, 5.41) is 0.618. The minimum atomic E-state index is -0.980. The first-order valence-corrected chi connectivity index (χ1v) is 8.23. The van der Waals surface area contributed by atoms with Gasteiger partial charge in [-0.25, -0.2) is 22.5 Å². The molecular formula is C19H13ClF4N4. The van der Waals surface area contributed by atoms with Crippen LogP contribution in [0.2, 0.25) is 5.02 Å². The molecule has 1 heterocycles. The van der Waals surface area contributed by atoms with E-state index in [1.54, 1.807) is 24.3 Å². The van der Waals surface area contributed by atoms with Crippen LogP contribution < -0.4 is 11.5 Å². The van der Waals surface area contributed by atoms with E-state index in [2.05, 4.69) is 9.97 Å². The Morgan fingerprint density at radius 3 is 1.82 bits per heavy atom. The van der Waals surface area contributed by atoms with Crippen molar-refractivity contribution in [2.45, 2.75) is 0 Å². The van der Waals surface area contributed by atoms with E-state index in [1.165, 1.54) is 0 Å². The number of anilines is 2. The molecule has 0 fully saturated rings. The molecule has 4 nitrogen and oxygen atoms in total. The summed E-state index contributed by atoms with van der Waals surface area (Å²) >= 11 is 5.79. The van der Waals surface area contributed by atoms with E-state index in [1.807, 2.05) is 0 Å². The summed E-state index contributed by atoms with van der Waals surface area (Å²) in [5.74, 6) is -3.21. The molecule has 5 N–H and O–H groups in total. The fraction of sp³-hybridized carbons (Fsp3) is 0. The molecule has 0 atom stereocenters. The maximum atomic E-state index is 13.1. The van der Waals surface area contributed by atoms with Crippen molar-refractivity contribution in [2.24, 2.45) is 0 Å². The molecule has 0 saturated carbocycles. The van der Waals surface area contributed by atoms with E-state index in [4.69, 9.17) is 23.1 Å². The molecule has 0 bridgehead atoms. The lowest BCUT2D eigenvalue weighted by Crippen LogP contribution is -1.97. The van der Waals surface area contributed by atoms with Crippen molar-refractivity contribution < 1.29 is 17.6 Å². The summed E-state index contributed by atoms with van der Waals surface area (Å²) in [6, 6.07) is 10.9. The Hall–Kier alpha value is -3.26. The van der Waals surface area contributed by atoms with E-state index in [9.17, 15) is 17.6 Å². The van der Waals surface area contributed by atoms with Crippen molar-refractivity contribution >= 4 is 34.0 Å². The Labute approximate surface area is 161 Å². The Bertz CT molecular complexity index is 1050. The second kappa shape index (κ2) is 7.77. The molecule has 9 heteroatoms. The molecule has 0 radical (unpaired) electrons. The normalized spacial score (nSPS) is 10.6. The van der Waals surface area contributed by atoms with Crippen LogP contribution >= 0.6 is 11.6 Å². The number of imidazole rings is 1. The molecule has 28 heavy (non-hydrogen) atoms. The number of hydrogen-bond acceptors (Lipinski definition) is 3. The number of H-pyrrole nitrogens is 1. The lowest BCUT2D eigenvalue weighted by atomic mass is 10.2. The molecule has 0 unspecified atom stereocenters. The second-order valence-electron chi connectivity index (χ2n) is 5.77. The zero-order valence-corrected chi connectivity index (χ0v) is 14.9. The van der Waals surface area contributed by atoms with Gasteiger partial charge in [0, 0.05) is 34.9 Å². The highest BCUT2D eigenvalue weighted by Gasteiger charge is 2.09. The fourth-order valence-corrected chi connectivity index (χ4v) is 2.45. The minimum Gasteiger partial charge on any atom is -0.397 e. The molecule has 4 aromatic rings. The first-order chi connectivity index (χ1) is 13.2. The Balaban J connectivity index is 0.000000192. The van der Waals surface area contributed by atoms with Crippen LogP contribution in [-0.4, -0.2) is 9.97 Å². The maximum Gasteiger partial charge on any atom is 0.161 e. The third-order valence-corrected chi connectivity index (χ3v) is 4.02. The topological polar surface area (TPSA) is 80.7 Å². The average molecular weight is 409 g/mol. The number of nitrogen functional groups attached to an aromatic ring is 2. The van der Waals surface area contributed by atoms with Gasteiger partial charge in [0.25, 0.3) is 0 Å². The molecule has 1 aromatic heterocycles. The molecule has 3 aromatic carbocycles. The number of hydrogen-bond donors (Lipinski definition) is 3. The monoisotopic (exact) mass is 408 g/mol. The molecule has 4 rings (SSSR count). The maximum absolute atomic E-state index is 13.1. The number of benzene rings is 3. The lowest BCUT2D eigenvalue weighted by Gasteiger charge is -1.98. The number of nitrogens with one attached hydrogen (secondary N) is 1. The standard InChI is InChI=1S/C13H7ClF2N2.C6H6F2N2/c14-8-3-1-7(2-4-8)13-17-11-5-9(15)10(16)6-12(11)18-13;7-3-1-5(9)6(10)2-4(3)8/h1-6H,(H,17,18);1-2H,9-10H2. The predicted molar refractivity (Wildman–Crippen MR) is 102 cm³/mol. The number of nitrogens with two attached hydrogens (primary N) is 2. The van der Waals surface area contributed by atoms with Crippen molar-refractivity contribution in [3.8, 4) is 11.4 Å². The highest BCUT2D eigenvalue weighted by atomic mass is 35.5. The summed E-state index contributed by atoms with van der Waals surface area (Å²) in [5.41, 5.74) is 12.1. The molecule has 0 aliphatic carbocycles. The van der Waals surface area contributed by atoms with Gasteiger partial charge in [0.05, 0.1) is 22.4 Å².